The van der Waals surface area contributed by atoms with Crippen molar-refractivity contribution in [1.82, 2.24) is 0 Å². The predicted molar refractivity (Wildman–Crippen MR) is 52.4 cm³/mol. The van der Waals surface area contributed by atoms with E-state index in [4.69, 9.17) is 0 Å². The van der Waals surface area contributed by atoms with Gasteiger partial charge in [0.15, 0.2) is 0 Å². The lowest BCUT2D eigenvalue weighted by Crippen LogP contribution is -2.22. The van der Waals surface area contributed by atoms with Crippen LogP contribution >= 0.6 is 7.92 Å². The van der Waals surface area contributed by atoms with Crippen LogP contribution < -0.4 is 0 Å². The Morgan fingerprint density at radius 1 is 0.900 bits per heavy atom. The van der Waals surface area contributed by atoms with E-state index in [-0.39, 0.29) is 7.92 Å². The Morgan fingerprint density at radius 3 is 1.20 bits per heavy atom. The molecule has 0 heterocycles. The van der Waals surface area contributed by atoms with Crippen molar-refractivity contribution >= 4 is 7.92 Å². The van der Waals surface area contributed by atoms with Crippen LogP contribution in [0.2, 0.25) is 0 Å². The lowest BCUT2D eigenvalue weighted by molar-refractivity contribution is 0.521. The monoisotopic (exact) mass is 160 g/mol. The minimum Gasteiger partial charge on any atom is -0.107 e. The maximum Gasteiger partial charge on any atom is -0.0107 e. The third-order valence-corrected chi connectivity index (χ3v) is 5.77. The van der Waals surface area contributed by atoms with E-state index in [0.717, 1.165) is 0 Å². The van der Waals surface area contributed by atoms with Gasteiger partial charge >= 0.3 is 0 Å². The van der Waals surface area contributed by atoms with Gasteiger partial charge in [-0.05, 0) is 37.7 Å². The predicted octanol–water partition coefficient (Wildman–Crippen LogP) is 3.70. The molecule has 0 rings (SSSR count). The molecule has 0 bridgehead atoms. The van der Waals surface area contributed by atoms with Gasteiger partial charge in [0.25, 0.3) is 0 Å². The average molecular weight is 160 g/mol. The molecule has 0 saturated carbocycles. The minimum absolute atomic E-state index is 0.252. The molecule has 0 aliphatic rings. The zero-order chi connectivity index (χ0) is 8.20. The lowest BCUT2D eigenvalue weighted by atomic mass is 9.99. The van der Waals surface area contributed by atoms with Crippen LogP contribution in [0.25, 0.3) is 0 Å². The van der Waals surface area contributed by atoms with Gasteiger partial charge in [0, 0.05) is 0 Å². The number of rotatable bonds is 4. The van der Waals surface area contributed by atoms with E-state index in [0.29, 0.717) is 5.16 Å². The highest BCUT2D eigenvalue weighted by atomic mass is 31.1. The first-order valence-electron chi connectivity index (χ1n) is 4.30. The highest BCUT2D eigenvalue weighted by Gasteiger charge is 2.26. The van der Waals surface area contributed by atoms with E-state index < -0.39 is 0 Å². The third-order valence-electron chi connectivity index (χ3n) is 2.92. The molecule has 0 unspecified atom stereocenters. The molecule has 0 aliphatic heterocycles. The molecule has 10 heavy (non-hydrogen) atoms. The van der Waals surface area contributed by atoms with E-state index in [1.807, 2.05) is 0 Å². The summed E-state index contributed by atoms with van der Waals surface area (Å²) in [4.78, 5) is 0. The molecule has 0 spiro atoms. The fourth-order valence-corrected chi connectivity index (χ4v) is 3.60. The average Bonchev–Trinajstić information content (AvgIpc) is 1.92. The SMILES string of the molecule is CCC(CC)(CC)P(C)C. The second-order valence-electron chi connectivity index (χ2n) is 3.18. The van der Waals surface area contributed by atoms with Crippen molar-refractivity contribution in [3.8, 4) is 0 Å². The Labute approximate surface area is 67.2 Å². The molecule has 1 heteroatoms. The summed E-state index contributed by atoms with van der Waals surface area (Å²) in [6.45, 7) is 11.8. The topological polar surface area (TPSA) is 0 Å². The Morgan fingerprint density at radius 2 is 1.20 bits per heavy atom. The summed E-state index contributed by atoms with van der Waals surface area (Å²) in [5.74, 6) is 0. The van der Waals surface area contributed by atoms with Crippen LogP contribution in [0, 0.1) is 0 Å². The first-order valence-corrected chi connectivity index (χ1v) is 6.54. The van der Waals surface area contributed by atoms with Crippen LogP contribution in [0.4, 0.5) is 0 Å². The zero-order valence-corrected chi connectivity index (χ0v) is 8.96. The normalized spacial score (nSPS) is 12.6. The zero-order valence-electron chi connectivity index (χ0n) is 8.07. The number of hydrogen-bond acceptors (Lipinski definition) is 0. The molecular weight excluding hydrogens is 139 g/mol. The van der Waals surface area contributed by atoms with Crippen molar-refractivity contribution in [1.29, 1.82) is 0 Å². The molecule has 0 nitrogen and oxygen atoms in total. The molecule has 0 radical (unpaired) electrons. The van der Waals surface area contributed by atoms with Crippen LogP contribution in [-0.4, -0.2) is 18.5 Å². The van der Waals surface area contributed by atoms with Gasteiger partial charge in [-0.15, -0.1) is 7.92 Å². The van der Waals surface area contributed by atoms with Crippen LogP contribution in [0.3, 0.4) is 0 Å². The highest BCUT2D eigenvalue weighted by molar-refractivity contribution is 7.57. The van der Waals surface area contributed by atoms with Gasteiger partial charge in [0.05, 0.1) is 0 Å². The smallest absolute Gasteiger partial charge is 0.0107 e. The lowest BCUT2D eigenvalue weighted by Gasteiger charge is -2.35. The Balaban J connectivity index is 4.15. The molecule has 0 saturated heterocycles. The maximum absolute atomic E-state index is 2.41. The first-order chi connectivity index (χ1) is 4.63. The van der Waals surface area contributed by atoms with Gasteiger partial charge < -0.3 is 0 Å². The molecular formula is C9H21P. The molecule has 0 aromatic carbocycles. The molecule has 0 fully saturated rings. The van der Waals surface area contributed by atoms with Crippen LogP contribution in [0.15, 0.2) is 0 Å². The first kappa shape index (κ1) is 10.4. The second-order valence-corrected chi connectivity index (χ2v) is 5.92. The van der Waals surface area contributed by atoms with Crippen molar-refractivity contribution in [3.63, 3.8) is 0 Å². The van der Waals surface area contributed by atoms with E-state index >= 15 is 0 Å². The molecule has 0 N–H and O–H groups in total. The molecule has 0 aromatic rings. The summed E-state index contributed by atoms with van der Waals surface area (Å²) in [7, 11) is 0.252. The summed E-state index contributed by atoms with van der Waals surface area (Å²) < 4.78 is 0. The Bertz CT molecular complexity index is 74.5. The quantitative estimate of drug-likeness (QED) is 0.550. The summed E-state index contributed by atoms with van der Waals surface area (Å²) in [6, 6.07) is 0. The van der Waals surface area contributed by atoms with Crippen LogP contribution in [0.5, 0.6) is 0 Å². The number of hydrogen-bond donors (Lipinski definition) is 0. The van der Waals surface area contributed by atoms with Crippen LogP contribution in [-0.2, 0) is 0 Å². The van der Waals surface area contributed by atoms with Gasteiger partial charge in [-0.2, -0.15) is 0 Å². The fourth-order valence-electron chi connectivity index (χ4n) is 1.70. The van der Waals surface area contributed by atoms with Gasteiger partial charge in [-0.3, -0.25) is 0 Å². The second kappa shape index (κ2) is 4.34. The molecule has 0 aromatic heterocycles. The molecule has 0 amide bonds. The standard InChI is InChI=1S/C9H21P/c1-6-9(7-2,8-3)10(4)5/h6-8H2,1-5H3. The fraction of sp³-hybridized carbons (Fsp3) is 1.00. The molecule has 62 valence electrons. The van der Waals surface area contributed by atoms with Crippen molar-refractivity contribution in [2.75, 3.05) is 13.3 Å². The Hall–Kier alpha value is 0.430. The van der Waals surface area contributed by atoms with Crippen molar-refractivity contribution in [2.45, 2.75) is 45.2 Å². The third kappa shape index (κ3) is 1.95. The van der Waals surface area contributed by atoms with Gasteiger partial charge in [0.2, 0.25) is 0 Å². The van der Waals surface area contributed by atoms with E-state index in [9.17, 15) is 0 Å². The Kier molecular flexibility index (Phi) is 4.52. The summed E-state index contributed by atoms with van der Waals surface area (Å²) in [6.07, 6.45) is 4.08. The van der Waals surface area contributed by atoms with E-state index in [2.05, 4.69) is 34.1 Å². The van der Waals surface area contributed by atoms with Crippen molar-refractivity contribution in [2.24, 2.45) is 0 Å². The largest absolute Gasteiger partial charge is 0.107 e. The van der Waals surface area contributed by atoms with Crippen molar-refractivity contribution < 1.29 is 0 Å². The maximum atomic E-state index is 2.41. The van der Waals surface area contributed by atoms with Gasteiger partial charge in [0.1, 0.15) is 0 Å². The highest BCUT2D eigenvalue weighted by Crippen LogP contribution is 2.49. The summed E-state index contributed by atoms with van der Waals surface area (Å²) in [5, 5.41) is 0.690. The van der Waals surface area contributed by atoms with Gasteiger partial charge in [-0.1, -0.05) is 20.8 Å². The minimum atomic E-state index is 0.252. The summed E-state index contributed by atoms with van der Waals surface area (Å²) >= 11 is 0. The molecule has 0 atom stereocenters. The molecule has 0 aliphatic carbocycles. The van der Waals surface area contributed by atoms with Crippen LogP contribution in [0.1, 0.15) is 40.0 Å². The van der Waals surface area contributed by atoms with E-state index in [1.54, 1.807) is 0 Å². The van der Waals surface area contributed by atoms with E-state index in [1.165, 1.54) is 19.3 Å². The van der Waals surface area contributed by atoms with Gasteiger partial charge in [-0.25, -0.2) is 0 Å². The summed E-state index contributed by atoms with van der Waals surface area (Å²) in [5.41, 5.74) is 0. The van der Waals surface area contributed by atoms with Crippen molar-refractivity contribution in [3.05, 3.63) is 0 Å².